The maximum absolute atomic E-state index is 13.9. The second-order valence-corrected chi connectivity index (χ2v) is 8.87. The van der Waals surface area contributed by atoms with Gasteiger partial charge in [-0.05, 0) is 44.0 Å². The monoisotopic (exact) mass is 476 g/mol. The summed E-state index contributed by atoms with van der Waals surface area (Å²) in [4.78, 5) is 34.1. The fourth-order valence-corrected chi connectivity index (χ4v) is 4.58. The third-order valence-electron chi connectivity index (χ3n) is 6.46. The van der Waals surface area contributed by atoms with Crippen molar-refractivity contribution in [2.24, 2.45) is 0 Å². The topological polar surface area (TPSA) is 87.9 Å². The number of pyridine rings is 2. The molecule has 1 aromatic carbocycles. The van der Waals surface area contributed by atoms with Crippen LogP contribution in [0.3, 0.4) is 0 Å². The van der Waals surface area contributed by atoms with E-state index in [4.69, 9.17) is 4.74 Å². The van der Waals surface area contributed by atoms with Crippen LogP contribution < -0.4 is 5.56 Å². The van der Waals surface area contributed by atoms with Gasteiger partial charge in [-0.2, -0.15) is 0 Å². The first-order valence-corrected chi connectivity index (χ1v) is 11.9. The molecule has 8 nitrogen and oxygen atoms in total. The third kappa shape index (κ3) is 5.38. The molecule has 1 atom stereocenters. The Balaban J connectivity index is 1.74. The number of benzene rings is 1. The molecule has 1 N–H and O–H groups in total. The minimum atomic E-state index is -0.451. The SMILES string of the molecule is CCOC(=O)N1CCN(C(c2ccc(C)cc2)c2c(O)cc(C)n(Cc3cccnc3)c2=O)CC1. The number of aryl methyl sites for hydroxylation is 2. The van der Waals surface area contributed by atoms with Crippen LogP contribution in [0.1, 0.15) is 40.9 Å². The van der Waals surface area contributed by atoms with E-state index in [1.807, 2.05) is 50.2 Å². The molecule has 0 spiro atoms. The standard InChI is InChI=1S/C27H32N4O4/c1-4-35-27(34)30-14-12-29(13-15-30)25(22-9-7-19(2)8-10-22)24-23(32)16-20(3)31(26(24)33)18-21-6-5-11-28-17-21/h5-11,16-17,25,32H,4,12-15,18H2,1-3H3. The number of nitrogens with zero attached hydrogens (tertiary/aromatic N) is 4. The zero-order chi connectivity index (χ0) is 24.9. The van der Waals surface area contributed by atoms with Crippen molar-refractivity contribution in [3.05, 3.63) is 93.2 Å². The molecular weight excluding hydrogens is 444 g/mol. The Morgan fingerprint density at radius 1 is 1.11 bits per heavy atom. The summed E-state index contributed by atoms with van der Waals surface area (Å²) in [6.45, 7) is 8.39. The average molecular weight is 477 g/mol. The van der Waals surface area contributed by atoms with Crippen LogP contribution in [0.2, 0.25) is 0 Å². The summed E-state index contributed by atoms with van der Waals surface area (Å²) in [5, 5.41) is 11.1. The summed E-state index contributed by atoms with van der Waals surface area (Å²) >= 11 is 0. The molecule has 1 saturated heterocycles. The average Bonchev–Trinajstić information content (AvgIpc) is 2.86. The number of carbonyl (C=O) groups is 1. The van der Waals surface area contributed by atoms with Crippen LogP contribution in [0.15, 0.2) is 59.7 Å². The van der Waals surface area contributed by atoms with Crippen LogP contribution >= 0.6 is 0 Å². The molecule has 0 aliphatic carbocycles. The number of carbonyl (C=O) groups excluding carboxylic acids is 1. The normalized spacial score (nSPS) is 15.1. The summed E-state index contributed by atoms with van der Waals surface area (Å²) < 4.78 is 6.84. The number of piperazine rings is 1. The number of ether oxygens (including phenoxy) is 1. The summed E-state index contributed by atoms with van der Waals surface area (Å²) in [5.41, 5.74) is 3.72. The van der Waals surface area contributed by atoms with E-state index >= 15 is 0 Å². The van der Waals surface area contributed by atoms with Crippen molar-refractivity contribution in [3.8, 4) is 5.75 Å². The van der Waals surface area contributed by atoms with E-state index in [1.54, 1.807) is 34.9 Å². The molecule has 1 aliphatic heterocycles. The van der Waals surface area contributed by atoms with Gasteiger partial charge < -0.3 is 19.3 Å². The number of amides is 1. The molecule has 8 heteroatoms. The van der Waals surface area contributed by atoms with E-state index < -0.39 is 6.04 Å². The van der Waals surface area contributed by atoms with Gasteiger partial charge in [-0.15, -0.1) is 0 Å². The van der Waals surface area contributed by atoms with Crippen LogP contribution in [0.4, 0.5) is 4.79 Å². The van der Waals surface area contributed by atoms with Gasteiger partial charge in [-0.1, -0.05) is 35.9 Å². The van der Waals surface area contributed by atoms with Crippen molar-refractivity contribution in [1.82, 2.24) is 19.4 Å². The second-order valence-electron chi connectivity index (χ2n) is 8.87. The first kappa shape index (κ1) is 24.5. The molecule has 3 aromatic rings. The predicted molar refractivity (Wildman–Crippen MR) is 134 cm³/mol. The number of rotatable bonds is 6. The Labute approximate surface area is 205 Å². The van der Waals surface area contributed by atoms with Crippen molar-refractivity contribution in [2.45, 2.75) is 33.4 Å². The number of hydrogen-bond donors (Lipinski definition) is 1. The van der Waals surface area contributed by atoms with Crippen molar-refractivity contribution >= 4 is 6.09 Å². The molecule has 184 valence electrons. The highest BCUT2D eigenvalue weighted by molar-refractivity contribution is 5.67. The minimum Gasteiger partial charge on any atom is -0.507 e. The molecular formula is C27H32N4O4. The van der Waals surface area contributed by atoms with Crippen molar-refractivity contribution in [1.29, 1.82) is 0 Å². The summed E-state index contributed by atoms with van der Waals surface area (Å²) in [6.07, 6.45) is 3.12. The molecule has 1 aliphatic rings. The lowest BCUT2D eigenvalue weighted by molar-refractivity contribution is 0.0709. The Kier molecular flexibility index (Phi) is 7.51. The van der Waals surface area contributed by atoms with Crippen LogP contribution in [0.5, 0.6) is 5.75 Å². The quantitative estimate of drug-likeness (QED) is 0.586. The van der Waals surface area contributed by atoms with E-state index in [2.05, 4.69) is 9.88 Å². The van der Waals surface area contributed by atoms with Gasteiger partial charge in [0.25, 0.3) is 5.56 Å². The lowest BCUT2D eigenvalue weighted by atomic mass is 9.95. The first-order chi connectivity index (χ1) is 16.9. The maximum Gasteiger partial charge on any atom is 0.409 e. The fourth-order valence-electron chi connectivity index (χ4n) is 4.58. The second kappa shape index (κ2) is 10.7. The van der Waals surface area contributed by atoms with Gasteiger partial charge >= 0.3 is 6.09 Å². The van der Waals surface area contributed by atoms with Gasteiger partial charge in [-0.25, -0.2) is 4.79 Å². The van der Waals surface area contributed by atoms with Crippen LogP contribution in [0, 0.1) is 13.8 Å². The highest BCUT2D eigenvalue weighted by Gasteiger charge is 2.32. The molecule has 2 aromatic heterocycles. The Hall–Kier alpha value is -3.65. The van der Waals surface area contributed by atoms with Crippen molar-refractivity contribution in [3.63, 3.8) is 0 Å². The Morgan fingerprint density at radius 3 is 2.46 bits per heavy atom. The highest BCUT2D eigenvalue weighted by Crippen LogP contribution is 2.33. The molecule has 0 saturated carbocycles. The molecule has 0 bridgehead atoms. The number of hydrogen-bond acceptors (Lipinski definition) is 6. The van der Waals surface area contributed by atoms with Gasteiger partial charge in [0, 0.05) is 44.3 Å². The van der Waals surface area contributed by atoms with Gasteiger partial charge in [0.1, 0.15) is 5.75 Å². The van der Waals surface area contributed by atoms with Crippen LogP contribution in [-0.2, 0) is 11.3 Å². The van der Waals surface area contributed by atoms with E-state index in [-0.39, 0.29) is 17.4 Å². The van der Waals surface area contributed by atoms with E-state index in [0.29, 0.717) is 50.6 Å². The van der Waals surface area contributed by atoms with Gasteiger partial charge in [0.05, 0.1) is 24.8 Å². The predicted octanol–water partition coefficient (Wildman–Crippen LogP) is 3.48. The maximum atomic E-state index is 13.9. The van der Waals surface area contributed by atoms with Gasteiger partial charge in [0.2, 0.25) is 0 Å². The summed E-state index contributed by atoms with van der Waals surface area (Å²) in [6, 6.07) is 13.0. The summed E-state index contributed by atoms with van der Waals surface area (Å²) in [7, 11) is 0. The minimum absolute atomic E-state index is 0.0201. The van der Waals surface area contributed by atoms with Gasteiger partial charge in [-0.3, -0.25) is 14.7 Å². The third-order valence-corrected chi connectivity index (χ3v) is 6.46. The molecule has 3 heterocycles. The van der Waals surface area contributed by atoms with Crippen molar-refractivity contribution in [2.75, 3.05) is 32.8 Å². The number of aromatic nitrogens is 2. The van der Waals surface area contributed by atoms with E-state index in [0.717, 1.165) is 16.7 Å². The Bertz CT molecular complexity index is 1220. The Morgan fingerprint density at radius 2 is 1.83 bits per heavy atom. The van der Waals surface area contributed by atoms with E-state index in [1.165, 1.54) is 0 Å². The largest absolute Gasteiger partial charge is 0.507 e. The smallest absolute Gasteiger partial charge is 0.409 e. The fraction of sp³-hybridized carbons (Fsp3) is 0.370. The van der Waals surface area contributed by atoms with Crippen LogP contribution in [-0.4, -0.2) is 63.3 Å². The number of aromatic hydroxyl groups is 1. The first-order valence-electron chi connectivity index (χ1n) is 11.9. The zero-order valence-electron chi connectivity index (χ0n) is 20.5. The molecule has 1 fully saturated rings. The van der Waals surface area contributed by atoms with Crippen molar-refractivity contribution < 1.29 is 14.6 Å². The zero-order valence-corrected chi connectivity index (χ0v) is 20.5. The lowest BCUT2D eigenvalue weighted by Gasteiger charge is -2.39. The van der Waals surface area contributed by atoms with E-state index in [9.17, 15) is 14.7 Å². The molecule has 1 amide bonds. The molecule has 35 heavy (non-hydrogen) atoms. The van der Waals surface area contributed by atoms with Crippen LogP contribution in [0.25, 0.3) is 0 Å². The lowest BCUT2D eigenvalue weighted by Crippen LogP contribution is -2.50. The molecule has 1 unspecified atom stereocenters. The molecule has 0 radical (unpaired) electrons. The molecule has 4 rings (SSSR count). The summed E-state index contributed by atoms with van der Waals surface area (Å²) in [5.74, 6) is -0.0201. The highest BCUT2D eigenvalue weighted by atomic mass is 16.6. The van der Waals surface area contributed by atoms with Gasteiger partial charge in [0.15, 0.2) is 0 Å².